The first kappa shape index (κ1) is 20.6. The van der Waals surface area contributed by atoms with Crippen LogP contribution in [-0.4, -0.2) is 21.2 Å². The van der Waals surface area contributed by atoms with E-state index < -0.39 is 10.0 Å². The Labute approximate surface area is 171 Å². The molecule has 150 valence electrons. The third kappa shape index (κ3) is 5.68. The molecule has 0 amide bonds. The van der Waals surface area contributed by atoms with Gasteiger partial charge in [-0.05, 0) is 55.3 Å². The Kier molecular flexibility index (Phi) is 6.67. The highest BCUT2D eigenvalue weighted by Crippen LogP contribution is 2.29. The Morgan fingerprint density at radius 2 is 1.62 bits per heavy atom. The van der Waals surface area contributed by atoms with Gasteiger partial charge >= 0.3 is 0 Å². The van der Waals surface area contributed by atoms with Crippen LogP contribution >= 0.6 is 0 Å². The van der Waals surface area contributed by atoms with Gasteiger partial charge in [-0.2, -0.15) is 12.8 Å². The number of sulfonamides is 1. The maximum atomic E-state index is 12.4. The molecule has 6 heteroatoms. The lowest BCUT2D eigenvalue weighted by molar-refractivity contribution is 0.269. The number of nitrogens with zero attached hydrogens (tertiary/aromatic N) is 1. The second-order valence-electron chi connectivity index (χ2n) is 6.44. The van der Waals surface area contributed by atoms with E-state index in [-0.39, 0.29) is 4.90 Å². The fourth-order valence-corrected chi connectivity index (χ4v) is 3.49. The molecule has 0 bridgehead atoms. The molecule has 0 aliphatic heterocycles. The van der Waals surface area contributed by atoms with Gasteiger partial charge in [0, 0.05) is 6.21 Å². The first-order chi connectivity index (χ1) is 14.0. The van der Waals surface area contributed by atoms with Crippen molar-refractivity contribution in [3.05, 3.63) is 89.5 Å². The van der Waals surface area contributed by atoms with Gasteiger partial charge in [0.25, 0.3) is 10.0 Å². The van der Waals surface area contributed by atoms with E-state index in [1.54, 1.807) is 42.5 Å². The molecular formula is C23H23NO4S. The molecule has 0 aliphatic carbocycles. The molecule has 0 heterocycles. The first-order valence-corrected chi connectivity index (χ1v) is 10.7. The zero-order valence-corrected chi connectivity index (χ0v) is 17.2. The molecule has 29 heavy (non-hydrogen) atoms. The standard InChI is InChI=1S/C23H23NO4S/c1-3-27-23-15-20(11-14-22(23)28-17-19-7-5-4-6-8-19)16-24-29(25,26)21-12-9-18(2)10-13-21/h4-16H,3,17H2,1-2H3/b24-16-. The maximum absolute atomic E-state index is 12.4. The third-order valence-corrected chi connectivity index (χ3v) is 5.41. The number of ether oxygens (including phenoxy) is 2. The molecule has 5 nitrogen and oxygen atoms in total. The highest BCUT2D eigenvalue weighted by Gasteiger charge is 2.12. The lowest BCUT2D eigenvalue weighted by atomic mass is 10.2. The second-order valence-corrected chi connectivity index (χ2v) is 8.07. The number of aryl methyl sites for hydroxylation is 1. The van der Waals surface area contributed by atoms with E-state index in [9.17, 15) is 8.42 Å². The summed E-state index contributed by atoms with van der Waals surface area (Å²) in [6, 6.07) is 21.6. The van der Waals surface area contributed by atoms with Crippen molar-refractivity contribution in [2.75, 3.05) is 6.61 Å². The van der Waals surface area contributed by atoms with Crippen LogP contribution in [-0.2, 0) is 16.6 Å². The van der Waals surface area contributed by atoms with Gasteiger partial charge < -0.3 is 9.47 Å². The van der Waals surface area contributed by atoms with E-state index in [0.717, 1.165) is 11.1 Å². The number of hydrogen-bond donors (Lipinski definition) is 0. The number of rotatable bonds is 8. The van der Waals surface area contributed by atoms with Crippen LogP contribution in [0.3, 0.4) is 0 Å². The minimum absolute atomic E-state index is 0.159. The van der Waals surface area contributed by atoms with E-state index in [4.69, 9.17) is 9.47 Å². The molecule has 0 atom stereocenters. The van der Waals surface area contributed by atoms with Crippen LogP contribution in [0.4, 0.5) is 0 Å². The van der Waals surface area contributed by atoms with E-state index in [2.05, 4.69) is 4.40 Å². The van der Waals surface area contributed by atoms with Gasteiger partial charge in [-0.15, -0.1) is 0 Å². The van der Waals surface area contributed by atoms with Crippen LogP contribution in [0.2, 0.25) is 0 Å². The summed E-state index contributed by atoms with van der Waals surface area (Å²) in [5, 5.41) is 0. The van der Waals surface area contributed by atoms with Gasteiger partial charge in [0.1, 0.15) is 6.61 Å². The molecule has 0 aromatic heterocycles. The van der Waals surface area contributed by atoms with Crippen LogP contribution < -0.4 is 9.47 Å². The smallest absolute Gasteiger partial charge is 0.282 e. The Morgan fingerprint density at radius 3 is 2.31 bits per heavy atom. The monoisotopic (exact) mass is 409 g/mol. The van der Waals surface area contributed by atoms with Gasteiger partial charge in [0.2, 0.25) is 0 Å². The highest BCUT2D eigenvalue weighted by atomic mass is 32.2. The molecule has 0 saturated heterocycles. The summed E-state index contributed by atoms with van der Waals surface area (Å²) in [5.41, 5.74) is 2.64. The van der Waals surface area contributed by atoms with E-state index >= 15 is 0 Å². The van der Waals surface area contributed by atoms with E-state index in [0.29, 0.717) is 30.3 Å². The molecule has 3 aromatic carbocycles. The van der Waals surface area contributed by atoms with Gasteiger partial charge in [-0.1, -0.05) is 48.0 Å². The summed E-state index contributed by atoms with van der Waals surface area (Å²) in [5.74, 6) is 1.13. The van der Waals surface area contributed by atoms with Crippen molar-refractivity contribution in [2.45, 2.75) is 25.3 Å². The van der Waals surface area contributed by atoms with Crippen molar-refractivity contribution in [1.82, 2.24) is 0 Å². The normalized spacial score (nSPS) is 11.5. The SMILES string of the molecule is CCOc1cc(/C=N\S(=O)(=O)c2ccc(C)cc2)ccc1OCc1ccccc1. The minimum atomic E-state index is -3.76. The van der Waals surface area contributed by atoms with E-state index in [1.165, 1.54) is 6.21 Å². The van der Waals surface area contributed by atoms with Gasteiger partial charge in [-0.25, -0.2) is 0 Å². The largest absolute Gasteiger partial charge is 0.490 e. The third-order valence-electron chi connectivity index (χ3n) is 4.16. The average molecular weight is 410 g/mol. The molecule has 0 radical (unpaired) electrons. The lowest BCUT2D eigenvalue weighted by Crippen LogP contribution is -2.01. The van der Waals surface area contributed by atoms with Crippen molar-refractivity contribution < 1.29 is 17.9 Å². The maximum Gasteiger partial charge on any atom is 0.282 e. The topological polar surface area (TPSA) is 65.0 Å². The number of benzene rings is 3. The van der Waals surface area contributed by atoms with Crippen molar-refractivity contribution >= 4 is 16.2 Å². The molecule has 0 spiro atoms. The van der Waals surface area contributed by atoms with Crippen LogP contribution in [0.15, 0.2) is 82.1 Å². The van der Waals surface area contributed by atoms with Crippen LogP contribution in [0.1, 0.15) is 23.6 Å². The molecular weight excluding hydrogens is 386 g/mol. The molecule has 0 N–H and O–H groups in total. The minimum Gasteiger partial charge on any atom is -0.490 e. The summed E-state index contributed by atoms with van der Waals surface area (Å²) in [4.78, 5) is 0.159. The van der Waals surface area contributed by atoms with Crippen LogP contribution in [0.25, 0.3) is 0 Å². The summed E-state index contributed by atoms with van der Waals surface area (Å²) in [6.07, 6.45) is 1.32. The van der Waals surface area contributed by atoms with Crippen molar-refractivity contribution in [2.24, 2.45) is 4.40 Å². The van der Waals surface area contributed by atoms with Gasteiger partial charge in [0.15, 0.2) is 11.5 Å². The fourth-order valence-electron chi connectivity index (χ4n) is 2.63. The molecule has 3 aromatic rings. The van der Waals surface area contributed by atoms with Crippen molar-refractivity contribution in [3.63, 3.8) is 0 Å². The summed E-state index contributed by atoms with van der Waals surface area (Å²) >= 11 is 0. The Hall–Kier alpha value is -3.12. The molecule has 0 fully saturated rings. The lowest BCUT2D eigenvalue weighted by Gasteiger charge is -2.12. The Balaban J connectivity index is 1.78. The summed E-state index contributed by atoms with van der Waals surface area (Å²) < 4.78 is 40.1. The predicted octanol–water partition coefficient (Wildman–Crippen LogP) is 4.78. The first-order valence-electron chi connectivity index (χ1n) is 9.28. The second kappa shape index (κ2) is 9.39. The molecule has 3 rings (SSSR count). The van der Waals surface area contributed by atoms with E-state index in [1.807, 2.05) is 44.2 Å². The van der Waals surface area contributed by atoms with Crippen molar-refractivity contribution in [1.29, 1.82) is 0 Å². The zero-order valence-electron chi connectivity index (χ0n) is 16.4. The summed E-state index contributed by atoms with van der Waals surface area (Å²) in [7, 11) is -3.76. The van der Waals surface area contributed by atoms with Gasteiger partial charge in [0.05, 0.1) is 11.5 Å². The highest BCUT2D eigenvalue weighted by molar-refractivity contribution is 7.90. The fraction of sp³-hybridized carbons (Fsp3) is 0.174. The molecule has 0 unspecified atom stereocenters. The Bertz CT molecular complexity index is 1080. The molecule has 0 aliphatic rings. The van der Waals surface area contributed by atoms with Gasteiger partial charge in [-0.3, -0.25) is 0 Å². The van der Waals surface area contributed by atoms with Crippen LogP contribution in [0, 0.1) is 6.92 Å². The predicted molar refractivity (Wildman–Crippen MR) is 114 cm³/mol. The number of hydrogen-bond acceptors (Lipinski definition) is 4. The Morgan fingerprint density at radius 1 is 0.897 bits per heavy atom. The quantitative estimate of drug-likeness (QED) is 0.502. The summed E-state index contributed by atoms with van der Waals surface area (Å²) in [6.45, 7) is 4.65. The molecule has 0 saturated carbocycles. The van der Waals surface area contributed by atoms with Crippen molar-refractivity contribution in [3.8, 4) is 11.5 Å². The zero-order chi connectivity index (χ0) is 20.7. The van der Waals surface area contributed by atoms with Crippen LogP contribution in [0.5, 0.6) is 11.5 Å². The average Bonchev–Trinajstić information content (AvgIpc) is 2.73.